The molecule has 0 aliphatic carbocycles. The quantitative estimate of drug-likeness (QED) is 0.674. The third kappa shape index (κ3) is 1.22. The average Bonchev–Trinajstić information content (AvgIpc) is 2.73. The Hall–Kier alpha value is -1.91. The van der Waals surface area contributed by atoms with Gasteiger partial charge in [-0.25, -0.2) is 9.97 Å². The van der Waals surface area contributed by atoms with E-state index in [1.165, 1.54) is 12.8 Å². The van der Waals surface area contributed by atoms with Gasteiger partial charge >= 0.3 is 0 Å². The summed E-state index contributed by atoms with van der Waals surface area (Å²) in [4.78, 5) is 19.4. The van der Waals surface area contributed by atoms with Gasteiger partial charge in [0, 0.05) is 0 Å². The highest BCUT2D eigenvalue weighted by atomic mass is 16.4. The zero-order valence-corrected chi connectivity index (χ0v) is 7.77. The van der Waals surface area contributed by atoms with Crippen LogP contribution in [0.15, 0.2) is 21.6 Å². The normalized spacial score (nSPS) is 10.4. The van der Waals surface area contributed by atoms with Crippen molar-refractivity contribution in [3.63, 3.8) is 0 Å². The van der Waals surface area contributed by atoms with Crippen LogP contribution in [0.1, 0.15) is 27.7 Å². The van der Waals surface area contributed by atoms with Crippen molar-refractivity contribution in [2.45, 2.75) is 13.8 Å². The van der Waals surface area contributed by atoms with E-state index in [9.17, 15) is 4.79 Å². The predicted molar refractivity (Wildman–Crippen MR) is 45.9 cm³/mol. The molecule has 0 atom stereocenters. The van der Waals surface area contributed by atoms with Crippen LogP contribution in [0.5, 0.6) is 0 Å². The SMILES string of the molecule is Cc1ncoc1C(=O)c1ocnc1C. The highest BCUT2D eigenvalue weighted by Gasteiger charge is 2.21. The van der Waals surface area contributed by atoms with Crippen molar-refractivity contribution < 1.29 is 13.6 Å². The van der Waals surface area contributed by atoms with Crippen LogP contribution in [-0.4, -0.2) is 15.8 Å². The highest BCUT2D eigenvalue weighted by molar-refractivity contribution is 6.06. The van der Waals surface area contributed by atoms with E-state index < -0.39 is 0 Å². The maximum absolute atomic E-state index is 11.7. The van der Waals surface area contributed by atoms with Gasteiger partial charge in [0.05, 0.1) is 11.4 Å². The molecule has 0 aliphatic rings. The standard InChI is InChI=1S/C9H8N2O3/c1-5-8(13-3-10-5)7(12)9-6(2)11-4-14-9/h3-4H,1-2H3. The van der Waals surface area contributed by atoms with Crippen LogP contribution in [-0.2, 0) is 0 Å². The van der Waals surface area contributed by atoms with Gasteiger partial charge in [-0.05, 0) is 13.8 Å². The molecular weight excluding hydrogens is 184 g/mol. The van der Waals surface area contributed by atoms with Gasteiger partial charge in [-0.1, -0.05) is 0 Å². The van der Waals surface area contributed by atoms with Gasteiger partial charge in [-0.15, -0.1) is 0 Å². The summed E-state index contributed by atoms with van der Waals surface area (Å²) in [6.07, 6.45) is 2.46. The van der Waals surface area contributed by atoms with Gasteiger partial charge in [-0.3, -0.25) is 4.79 Å². The minimum atomic E-state index is -0.324. The number of oxazole rings is 2. The van der Waals surface area contributed by atoms with Crippen LogP contribution >= 0.6 is 0 Å². The smallest absolute Gasteiger partial charge is 0.267 e. The largest absolute Gasteiger partial charge is 0.440 e. The lowest BCUT2D eigenvalue weighted by Gasteiger charge is -1.93. The van der Waals surface area contributed by atoms with Crippen LogP contribution < -0.4 is 0 Å². The number of aryl methyl sites for hydroxylation is 2. The predicted octanol–water partition coefficient (Wildman–Crippen LogP) is 1.51. The highest BCUT2D eigenvalue weighted by Crippen LogP contribution is 2.14. The minimum absolute atomic E-state index is 0.199. The fraction of sp³-hybridized carbons (Fsp3) is 0.222. The van der Waals surface area contributed by atoms with Gasteiger partial charge in [0.2, 0.25) is 11.5 Å². The fourth-order valence-electron chi connectivity index (χ4n) is 1.14. The zero-order valence-electron chi connectivity index (χ0n) is 7.77. The van der Waals surface area contributed by atoms with E-state index in [0.717, 1.165) is 0 Å². The Kier molecular flexibility index (Phi) is 1.92. The van der Waals surface area contributed by atoms with Crippen molar-refractivity contribution in [3.8, 4) is 0 Å². The molecule has 2 rings (SSSR count). The van der Waals surface area contributed by atoms with Gasteiger partial charge in [0.15, 0.2) is 12.8 Å². The summed E-state index contributed by atoms with van der Waals surface area (Å²) in [5, 5.41) is 0. The molecule has 0 radical (unpaired) electrons. The Morgan fingerprint density at radius 1 is 1.07 bits per heavy atom. The molecule has 0 aromatic carbocycles. The summed E-state index contributed by atoms with van der Waals surface area (Å²) in [6.45, 7) is 3.39. The van der Waals surface area contributed by atoms with Crippen LogP contribution in [0.2, 0.25) is 0 Å². The molecule has 5 heteroatoms. The average molecular weight is 192 g/mol. The molecule has 5 nitrogen and oxygen atoms in total. The van der Waals surface area contributed by atoms with Crippen LogP contribution in [0.3, 0.4) is 0 Å². The van der Waals surface area contributed by atoms with Gasteiger partial charge in [-0.2, -0.15) is 0 Å². The molecule has 0 bridgehead atoms. The first kappa shape index (κ1) is 8.68. The number of carbonyl (C=O) groups excluding carboxylic acids is 1. The molecule has 0 unspecified atom stereocenters. The van der Waals surface area contributed by atoms with Crippen molar-refractivity contribution in [2.24, 2.45) is 0 Å². The lowest BCUT2D eigenvalue weighted by atomic mass is 10.2. The van der Waals surface area contributed by atoms with Crippen molar-refractivity contribution in [3.05, 3.63) is 35.7 Å². The van der Waals surface area contributed by atoms with Gasteiger partial charge in [0.25, 0.3) is 5.78 Å². The first-order valence-corrected chi connectivity index (χ1v) is 4.05. The van der Waals surface area contributed by atoms with E-state index >= 15 is 0 Å². The first-order valence-electron chi connectivity index (χ1n) is 4.05. The summed E-state index contributed by atoms with van der Waals surface area (Å²) in [5.74, 6) is 0.0738. The van der Waals surface area contributed by atoms with E-state index in [2.05, 4.69) is 9.97 Å². The van der Waals surface area contributed by atoms with Crippen LogP contribution in [0.25, 0.3) is 0 Å². The third-order valence-corrected chi connectivity index (χ3v) is 1.90. The number of rotatable bonds is 2. The summed E-state index contributed by atoms with van der Waals surface area (Å²) in [5.41, 5.74) is 1.09. The van der Waals surface area contributed by atoms with Crippen molar-refractivity contribution >= 4 is 5.78 Å². The number of aromatic nitrogens is 2. The summed E-state index contributed by atoms with van der Waals surface area (Å²) >= 11 is 0. The van der Waals surface area contributed by atoms with E-state index in [1.54, 1.807) is 13.8 Å². The molecule has 14 heavy (non-hydrogen) atoms. The lowest BCUT2D eigenvalue weighted by Crippen LogP contribution is -2.02. The number of hydrogen-bond donors (Lipinski definition) is 0. The topological polar surface area (TPSA) is 69.1 Å². The lowest BCUT2D eigenvalue weighted by molar-refractivity contribution is 0.0981. The second-order valence-corrected chi connectivity index (χ2v) is 2.86. The van der Waals surface area contributed by atoms with Crippen LogP contribution in [0, 0.1) is 13.8 Å². The van der Waals surface area contributed by atoms with E-state index in [4.69, 9.17) is 8.83 Å². The second kappa shape index (κ2) is 3.10. The van der Waals surface area contributed by atoms with Crippen molar-refractivity contribution in [1.82, 2.24) is 9.97 Å². The fourth-order valence-corrected chi connectivity index (χ4v) is 1.14. The molecule has 0 saturated heterocycles. The van der Waals surface area contributed by atoms with E-state index in [1.807, 2.05) is 0 Å². The van der Waals surface area contributed by atoms with Crippen molar-refractivity contribution in [2.75, 3.05) is 0 Å². The molecule has 0 saturated carbocycles. The molecule has 0 amide bonds. The minimum Gasteiger partial charge on any atom is -0.440 e. The number of carbonyl (C=O) groups is 1. The monoisotopic (exact) mass is 192 g/mol. The summed E-state index contributed by atoms with van der Waals surface area (Å²) in [7, 11) is 0. The zero-order chi connectivity index (χ0) is 10.1. The maximum Gasteiger partial charge on any atom is 0.267 e. The molecule has 0 aliphatic heterocycles. The first-order chi connectivity index (χ1) is 6.70. The number of ketones is 1. The van der Waals surface area contributed by atoms with Gasteiger partial charge < -0.3 is 8.83 Å². The molecule has 0 fully saturated rings. The van der Waals surface area contributed by atoms with Crippen LogP contribution in [0.4, 0.5) is 0 Å². The molecule has 0 spiro atoms. The maximum atomic E-state index is 11.7. The molecule has 2 heterocycles. The Morgan fingerprint density at radius 2 is 1.50 bits per heavy atom. The Balaban J connectivity index is 2.44. The van der Waals surface area contributed by atoms with E-state index in [-0.39, 0.29) is 17.3 Å². The molecule has 2 aromatic rings. The summed E-state index contributed by atoms with van der Waals surface area (Å²) in [6, 6.07) is 0. The van der Waals surface area contributed by atoms with E-state index in [0.29, 0.717) is 11.4 Å². The second-order valence-electron chi connectivity index (χ2n) is 2.86. The molecule has 72 valence electrons. The number of hydrogen-bond acceptors (Lipinski definition) is 5. The summed E-state index contributed by atoms with van der Waals surface area (Å²) < 4.78 is 9.91. The molecule has 2 aromatic heterocycles. The Labute approximate surface area is 79.8 Å². The number of nitrogens with zero attached hydrogens (tertiary/aromatic N) is 2. The third-order valence-electron chi connectivity index (χ3n) is 1.90. The Bertz CT molecular complexity index is 428. The van der Waals surface area contributed by atoms with Crippen molar-refractivity contribution in [1.29, 1.82) is 0 Å². The molecular formula is C9H8N2O3. The Morgan fingerprint density at radius 3 is 1.79 bits per heavy atom. The van der Waals surface area contributed by atoms with Gasteiger partial charge in [0.1, 0.15) is 0 Å². The molecule has 0 N–H and O–H groups in total.